The van der Waals surface area contributed by atoms with Crippen molar-refractivity contribution >= 4 is 23.5 Å². The van der Waals surface area contributed by atoms with Crippen LogP contribution in [0.4, 0.5) is 0 Å². The van der Waals surface area contributed by atoms with Gasteiger partial charge in [-0.05, 0) is 38.1 Å². The van der Waals surface area contributed by atoms with Gasteiger partial charge in [-0.2, -0.15) is 0 Å². The van der Waals surface area contributed by atoms with E-state index in [4.69, 9.17) is 32.8 Å². The summed E-state index contributed by atoms with van der Waals surface area (Å²) in [6.45, 7) is 1.99. The number of carbonyl (C=O) groups excluding carboxylic acids is 2. The maximum absolute atomic E-state index is 13.9. The van der Waals surface area contributed by atoms with E-state index in [9.17, 15) is 60.3 Å². The molecule has 19 nitrogen and oxygen atoms in total. The van der Waals surface area contributed by atoms with Gasteiger partial charge in [-0.15, -0.1) is 0 Å². The highest BCUT2D eigenvalue weighted by Gasteiger charge is 2.53. The van der Waals surface area contributed by atoms with Crippen LogP contribution in [0.2, 0.25) is 0 Å². The number of aliphatic hydroxyl groups excluding tert-OH is 6. The zero-order chi connectivity index (χ0) is 39.2. The molecular weight excluding hydrogens is 724 g/mol. The zero-order valence-electron chi connectivity index (χ0n) is 28.6. The largest absolute Gasteiger partial charge is 0.508 e. The molecule has 15 unspecified atom stereocenters. The number of aromatic hydroxyl groups is 3. The van der Waals surface area contributed by atoms with Crippen LogP contribution in [0, 0.1) is 11.8 Å². The van der Waals surface area contributed by atoms with Crippen LogP contribution in [0.15, 0.2) is 45.6 Å². The fourth-order valence-electron chi connectivity index (χ4n) is 6.88. The third kappa shape index (κ3) is 7.28. The first-order chi connectivity index (χ1) is 25.7. The Hall–Kier alpha value is -4.25. The summed E-state index contributed by atoms with van der Waals surface area (Å²) < 4.78 is 40.3. The topological polar surface area (TPSA) is 302 Å². The maximum atomic E-state index is 13.9. The van der Waals surface area contributed by atoms with Crippen LogP contribution in [0.3, 0.4) is 0 Å². The molecule has 294 valence electrons. The van der Waals surface area contributed by atoms with Gasteiger partial charge >= 0.3 is 0 Å². The molecule has 3 aromatic rings. The molecule has 54 heavy (non-hydrogen) atoms. The lowest BCUT2D eigenvalue weighted by atomic mass is 9.83. The van der Waals surface area contributed by atoms with Gasteiger partial charge in [0.25, 0.3) is 0 Å². The van der Waals surface area contributed by atoms with Crippen LogP contribution in [0.1, 0.15) is 13.8 Å². The highest BCUT2D eigenvalue weighted by atomic mass is 16.7. The molecule has 0 saturated carbocycles. The summed E-state index contributed by atoms with van der Waals surface area (Å²) in [5.41, 5.74) is -0.926. The van der Waals surface area contributed by atoms with E-state index in [1.165, 1.54) is 38.1 Å². The molecule has 15 atom stereocenters. The van der Waals surface area contributed by atoms with Gasteiger partial charge in [0.1, 0.15) is 89.6 Å². The molecule has 0 amide bonds. The van der Waals surface area contributed by atoms with Gasteiger partial charge in [-0.3, -0.25) is 4.79 Å². The number of aliphatic hydroxyl groups is 6. The molecule has 4 heterocycles. The van der Waals surface area contributed by atoms with E-state index in [-0.39, 0.29) is 28.0 Å². The minimum atomic E-state index is -1.92. The zero-order valence-corrected chi connectivity index (χ0v) is 28.6. The number of carbonyl (C=O) groups is 2. The van der Waals surface area contributed by atoms with Gasteiger partial charge in [-0.25, -0.2) is 0 Å². The van der Waals surface area contributed by atoms with Crippen LogP contribution < -0.4 is 10.2 Å². The minimum Gasteiger partial charge on any atom is -0.508 e. The quantitative estimate of drug-likeness (QED) is 0.105. The standard InChI is InChI=1S/C35H40O19/c1-12-28(52-32-23(42)22-19(41)7-16(40)8-20(22)50-30(32)14-3-5-15(39)6-4-14)17(9-36)18(10-37)34(49-12)54-31-21(11-38)51-35(27(46)25(31)44)53-29-13(2)48-33(47)26(45)24(29)43/h3-10,12-13,17-18,21,24-29,31,33-35,38-41,43-47H,11H2,1-2H3. The molecule has 0 bridgehead atoms. The number of benzene rings is 2. The number of phenolic OH excluding ortho intramolecular Hbond substituents is 3. The fraction of sp³-hybridized carbons (Fsp3) is 0.514. The van der Waals surface area contributed by atoms with Gasteiger partial charge in [0.15, 0.2) is 24.6 Å². The van der Waals surface area contributed by atoms with Crippen LogP contribution in [0.5, 0.6) is 23.0 Å². The first-order valence-electron chi connectivity index (χ1n) is 16.9. The maximum Gasteiger partial charge on any atom is 0.239 e. The molecule has 9 N–H and O–H groups in total. The fourth-order valence-corrected chi connectivity index (χ4v) is 6.88. The number of hydrogen-bond acceptors (Lipinski definition) is 19. The molecule has 1 aromatic heterocycles. The molecule has 6 rings (SSSR count). The lowest BCUT2D eigenvalue weighted by Crippen LogP contribution is -2.65. The summed E-state index contributed by atoms with van der Waals surface area (Å²) in [6, 6.07) is 7.38. The van der Waals surface area contributed by atoms with E-state index < -0.39 is 121 Å². The van der Waals surface area contributed by atoms with Crippen LogP contribution in [0.25, 0.3) is 22.3 Å². The molecule has 3 aliphatic heterocycles. The number of fused-ring (bicyclic) bond motifs is 1. The molecule has 3 fully saturated rings. The van der Waals surface area contributed by atoms with Gasteiger partial charge in [0.2, 0.25) is 11.2 Å². The van der Waals surface area contributed by atoms with Gasteiger partial charge in [0, 0.05) is 17.7 Å². The Morgan fingerprint density at radius 3 is 2.00 bits per heavy atom. The molecule has 2 aromatic carbocycles. The van der Waals surface area contributed by atoms with E-state index in [1.807, 2.05) is 0 Å². The van der Waals surface area contributed by atoms with Crippen LogP contribution in [-0.2, 0) is 33.3 Å². The molecular formula is C35H40O19. The Balaban J connectivity index is 1.26. The second-order valence-corrected chi connectivity index (χ2v) is 13.3. The Labute approximate surface area is 305 Å². The minimum absolute atomic E-state index is 0.116. The molecule has 3 saturated heterocycles. The summed E-state index contributed by atoms with van der Waals surface area (Å²) in [6.07, 6.45) is -19.7. The Bertz CT molecular complexity index is 1860. The highest BCUT2D eigenvalue weighted by molar-refractivity contribution is 5.88. The number of ether oxygens (including phenoxy) is 6. The first kappa shape index (κ1) is 39.4. The van der Waals surface area contributed by atoms with Crippen molar-refractivity contribution in [3.8, 4) is 34.3 Å². The Morgan fingerprint density at radius 1 is 0.722 bits per heavy atom. The van der Waals surface area contributed by atoms with Crippen molar-refractivity contribution in [2.24, 2.45) is 11.8 Å². The lowest BCUT2D eigenvalue weighted by Gasteiger charge is -2.48. The van der Waals surface area contributed by atoms with Crippen molar-refractivity contribution in [3.05, 3.63) is 46.6 Å². The predicted octanol–water partition coefficient (Wildman–Crippen LogP) is -1.63. The summed E-state index contributed by atoms with van der Waals surface area (Å²) in [7, 11) is 0. The number of rotatable bonds is 10. The molecule has 0 aliphatic carbocycles. The number of phenols is 3. The molecule has 0 spiro atoms. The second kappa shape index (κ2) is 15.8. The lowest BCUT2D eigenvalue weighted by molar-refractivity contribution is -0.368. The SMILES string of the molecule is CC1OC(O)C(O)C(O)C1OC1OC(CO)C(OC2OC(C)C(Oc3c(-c4ccc(O)cc4)oc4cc(O)cc(O)c4c3=O)C(C=O)C2C=O)C(O)C1O. The van der Waals surface area contributed by atoms with E-state index in [2.05, 4.69) is 0 Å². The van der Waals surface area contributed by atoms with E-state index in [1.54, 1.807) is 0 Å². The molecule has 19 heteroatoms. The van der Waals surface area contributed by atoms with Crippen molar-refractivity contribution in [2.75, 3.05) is 6.61 Å². The van der Waals surface area contributed by atoms with Crippen molar-refractivity contribution in [1.29, 1.82) is 0 Å². The average molecular weight is 765 g/mol. The summed E-state index contributed by atoms with van der Waals surface area (Å²) in [5, 5.41) is 92.5. The van der Waals surface area contributed by atoms with E-state index >= 15 is 0 Å². The second-order valence-electron chi connectivity index (χ2n) is 13.3. The molecule has 0 radical (unpaired) electrons. The van der Waals surface area contributed by atoms with Crippen LogP contribution >= 0.6 is 0 Å². The van der Waals surface area contributed by atoms with Crippen molar-refractivity contribution < 1.29 is 88.4 Å². The van der Waals surface area contributed by atoms with Gasteiger partial charge in [-0.1, -0.05) is 0 Å². The summed E-state index contributed by atoms with van der Waals surface area (Å²) in [4.78, 5) is 39.1. The van der Waals surface area contributed by atoms with Crippen molar-refractivity contribution in [3.63, 3.8) is 0 Å². The summed E-state index contributed by atoms with van der Waals surface area (Å²) >= 11 is 0. The third-order valence-electron chi connectivity index (χ3n) is 9.76. The van der Waals surface area contributed by atoms with Crippen molar-refractivity contribution in [1.82, 2.24) is 0 Å². The molecule has 3 aliphatic rings. The monoisotopic (exact) mass is 764 g/mol. The first-order valence-corrected chi connectivity index (χ1v) is 16.9. The highest BCUT2D eigenvalue weighted by Crippen LogP contribution is 2.40. The third-order valence-corrected chi connectivity index (χ3v) is 9.76. The van der Waals surface area contributed by atoms with Gasteiger partial charge in [0.05, 0.1) is 30.7 Å². The number of aldehydes is 2. The van der Waals surface area contributed by atoms with E-state index in [0.717, 1.165) is 12.1 Å². The Kier molecular flexibility index (Phi) is 11.6. The summed E-state index contributed by atoms with van der Waals surface area (Å²) in [5.74, 6) is -4.80. The smallest absolute Gasteiger partial charge is 0.239 e. The van der Waals surface area contributed by atoms with E-state index in [0.29, 0.717) is 12.6 Å². The Morgan fingerprint density at radius 2 is 1.35 bits per heavy atom. The van der Waals surface area contributed by atoms with Crippen LogP contribution in [-0.4, -0.2) is 145 Å². The predicted molar refractivity (Wildman–Crippen MR) is 177 cm³/mol. The number of hydrogen-bond donors (Lipinski definition) is 9. The normalized spacial score (nSPS) is 37.1. The average Bonchev–Trinajstić information content (AvgIpc) is 3.13. The van der Waals surface area contributed by atoms with Gasteiger partial charge < -0.3 is 88.4 Å². The van der Waals surface area contributed by atoms with Crippen molar-refractivity contribution in [2.45, 2.75) is 93.8 Å².